The lowest BCUT2D eigenvalue weighted by Gasteiger charge is -2.12. The van der Waals surface area contributed by atoms with E-state index in [1.807, 2.05) is 19.1 Å². The summed E-state index contributed by atoms with van der Waals surface area (Å²) in [6.07, 6.45) is 3.63. The molecule has 0 bridgehead atoms. The van der Waals surface area contributed by atoms with Crippen molar-refractivity contribution in [3.8, 4) is 11.5 Å². The lowest BCUT2D eigenvalue weighted by molar-refractivity contribution is -0.671. The number of quaternary nitrogens is 1. The van der Waals surface area contributed by atoms with Gasteiger partial charge in [0.1, 0.15) is 13.2 Å². The molecule has 0 saturated carbocycles. The predicted molar refractivity (Wildman–Crippen MR) is 80.1 cm³/mol. The van der Waals surface area contributed by atoms with Crippen LogP contribution in [0, 0.1) is 0 Å². The first-order valence-corrected chi connectivity index (χ1v) is 7.23. The zero-order chi connectivity index (χ0) is 14.6. The highest BCUT2D eigenvalue weighted by molar-refractivity contribution is 5.42. The Morgan fingerprint density at radius 1 is 1.25 bits per heavy atom. The summed E-state index contributed by atoms with van der Waals surface area (Å²) < 4.78 is 11.2. The fourth-order valence-electron chi connectivity index (χ4n) is 1.88. The maximum absolute atomic E-state index is 8.73. The minimum absolute atomic E-state index is 0.275. The van der Waals surface area contributed by atoms with Crippen molar-refractivity contribution in [2.75, 3.05) is 26.4 Å². The number of aliphatic hydroxyl groups is 1. The summed E-state index contributed by atoms with van der Waals surface area (Å²) in [5, 5.41) is 11.0. The van der Waals surface area contributed by atoms with Gasteiger partial charge in [0.25, 0.3) is 0 Å². The molecular formula is C16H26NO3+. The average molecular weight is 280 g/mol. The summed E-state index contributed by atoms with van der Waals surface area (Å²) in [4.78, 5) is 0. The van der Waals surface area contributed by atoms with Crippen molar-refractivity contribution in [3.05, 3.63) is 36.4 Å². The van der Waals surface area contributed by atoms with Crippen molar-refractivity contribution >= 4 is 0 Å². The van der Waals surface area contributed by atoms with E-state index in [4.69, 9.17) is 14.6 Å². The van der Waals surface area contributed by atoms with Gasteiger partial charge in [-0.15, -0.1) is 0 Å². The van der Waals surface area contributed by atoms with E-state index >= 15 is 0 Å². The van der Waals surface area contributed by atoms with Crippen LogP contribution >= 0.6 is 0 Å². The van der Waals surface area contributed by atoms with Gasteiger partial charge >= 0.3 is 0 Å². The zero-order valence-corrected chi connectivity index (χ0v) is 12.3. The molecule has 0 fully saturated rings. The van der Waals surface area contributed by atoms with Crippen molar-refractivity contribution < 1.29 is 19.9 Å². The third-order valence-electron chi connectivity index (χ3n) is 2.86. The van der Waals surface area contributed by atoms with Crippen LogP contribution in [0.15, 0.2) is 30.9 Å². The number of benzene rings is 1. The monoisotopic (exact) mass is 280 g/mol. The summed E-state index contributed by atoms with van der Waals surface area (Å²) >= 11 is 0. The molecule has 112 valence electrons. The maximum Gasteiger partial charge on any atom is 0.161 e. The minimum atomic E-state index is 0.275. The first-order chi connectivity index (χ1) is 9.81. The van der Waals surface area contributed by atoms with Gasteiger partial charge in [0.05, 0.1) is 13.2 Å². The van der Waals surface area contributed by atoms with E-state index in [9.17, 15) is 0 Å². The van der Waals surface area contributed by atoms with E-state index < -0.39 is 0 Å². The van der Waals surface area contributed by atoms with Gasteiger partial charge in [-0.25, -0.2) is 0 Å². The van der Waals surface area contributed by atoms with Gasteiger partial charge < -0.3 is 19.9 Å². The number of hydrogen-bond acceptors (Lipinski definition) is 3. The Balaban J connectivity index is 2.54. The highest BCUT2D eigenvalue weighted by Gasteiger charge is 2.07. The smallest absolute Gasteiger partial charge is 0.161 e. The van der Waals surface area contributed by atoms with Gasteiger partial charge in [-0.05, 0) is 38.0 Å². The summed E-state index contributed by atoms with van der Waals surface area (Å²) in [5.41, 5.74) is 1.21. The maximum atomic E-state index is 8.73. The van der Waals surface area contributed by atoms with Gasteiger partial charge in [0.15, 0.2) is 11.5 Å². The van der Waals surface area contributed by atoms with Gasteiger partial charge in [-0.3, -0.25) is 0 Å². The fraction of sp³-hybridized carbons (Fsp3) is 0.500. The molecule has 0 saturated heterocycles. The van der Waals surface area contributed by atoms with Crippen LogP contribution in [0.2, 0.25) is 0 Å². The molecule has 0 aliphatic carbocycles. The van der Waals surface area contributed by atoms with Crippen molar-refractivity contribution in [3.63, 3.8) is 0 Å². The molecule has 0 unspecified atom stereocenters. The van der Waals surface area contributed by atoms with Crippen molar-refractivity contribution in [1.29, 1.82) is 0 Å². The van der Waals surface area contributed by atoms with Crippen LogP contribution < -0.4 is 14.8 Å². The molecule has 0 atom stereocenters. The van der Waals surface area contributed by atoms with Crippen LogP contribution in [0.25, 0.3) is 0 Å². The molecule has 0 radical (unpaired) electrons. The molecule has 4 heteroatoms. The summed E-state index contributed by atoms with van der Waals surface area (Å²) in [6.45, 7) is 8.92. The Labute approximate surface area is 121 Å². The Morgan fingerprint density at radius 3 is 2.80 bits per heavy atom. The second kappa shape index (κ2) is 10.3. The molecule has 1 aromatic rings. The summed E-state index contributed by atoms with van der Waals surface area (Å²) in [7, 11) is 0. The van der Waals surface area contributed by atoms with Gasteiger partial charge in [-0.2, -0.15) is 0 Å². The number of hydrogen-bond donors (Lipinski definition) is 2. The molecule has 0 spiro atoms. The lowest BCUT2D eigenvalue weighted by Crippen LogP contribution is -2.82. The van der Waals surface area contributed by atoms with Crippen LogP contribution in [0.3, 0.4) is 0 Å². The van der Waals surface area contributed by atoms with E-state index in [0.29, 0.717) is 13.2 Å². The van der Waals surface area contributed by atoms with E-state index in [-0.39, 0.29) is 6.61 Å². The summed E-state index contributed by atoms with van der Waals surface area (Å²) in [5.74, 6) is 1.55. The second-order valence-corrected chi connectivity index (χ2v) is 4.53. The first kappa shape index (κ1) is 16.5. The average Bonchev–Trinajstić information content (AvgIpc) is 2.46. The molecule has 0 amide bonds. The van der Waals surface area contributed by atoms with Crippen LogP contribution in [0.1, 0.15) is 25.3 Å². The normalized spacial score (nSPS) is 10.3. The minimum Gasteiger partial charge on any atom is -0.490 e. The molecule has 20 heavy (non-hydrogen) atoms. The van der Waals surface area contributed by atoms with Crippen LogP contribution in [-0.2, 0) is 6.54 Å². The molecule has 0 aliphatic heterocycles. The van der Waals surface area contributed by atoms with Crippen LogP contribution in [0.4, 0.5) is 0 Å². The molecule has 1 rings (SSSR count). The Morgan fingerprint density at radius 2 is 2.10 bits per heavy atom. The Hall–Kier alpha value is -1.52. The topological polar surface area (TPSA) is 55.3 Å². The molecule has 4 nitrogen and oxygen atoms in total. The van der Waals surface area contributed by atoms with E-state index in [2.05, 4.69) is 18.0 Å². The van der Waals surface area contributed by atoms with Gasteiger partial charge in [0.2, 0.25) is 0 Å². The first-order valence-electron chi connectivity index (χ1n) is 7.23. The van der Waals surface area contributed by atoms with E-state index in [1.165, 1.54) is 5.56 Å². The van der Waals surface area contributed by atoms with Crippen LogP contribution in [-0.4, -0.2) is 31.5 Å². The molecule has 0 heterocycles. The second-order valence-electron chi connectivity index (χ2n) is 4.53. The Kier molecular flexibility index (Phi) is 8.51. The van der Waals surface area contributed by atoms with Crippen molar-refractivity contribution in [2.24, 2.45) is 0 Å². The number of nitrogens with two attached hydrogens (primary N) is 1. The van der Waals surface area contributed by atoms with E-state index in [0.717, 1.165) is 37.4 Å². The van der Waals surface area contributed by atoms with Crippen molar-refractivity contribution in [2.45, 2.75) is 26.3 Å². The quantitative estimate of drug-likeness (QED) is 0.477. The molecule has 0 aromatic heterocycles. The molecule has 0 aliphatic rings. The predicted octanol–water partition coefficient (Wildman–Crippen LogP) is 1.49. The lowest BCUT2D eigenvalue weighted by atomic mass is 10.2. The number of ether oxygens (including phenoxy) is 2. The number of rotatable bonds is 11. The zero-order valence-electron chi connectivity index (χ0n) is 12.3. The number of aliphatic hydroxyl groups excluding tert-OH is 1. The third kappa shape index (κ3) is 6.08. The summed E-state index contributed by atoms with van der Waals surface area (Å²) in [6, 6.07) is 6.04. The Bertz CT molecular complexity index is 393. The molecule has 1 aromatic carbocycles. The number of unbranched alkanes of at least 4 members (excludes halogenated alkanes) is 1. The standard InChI is InChI=1S/C16H25NO3/c1-3-11-20-15-8-7-14(12-16(15)19-4-2)13-17-9-5-6-10-18/h3,7-8,12,17-18H,1,4-6,9-11,13H2,2H3/p+1. The third-order valence-corrected chi connectivity index (χ3v) is 2.86. The SMILES string of the molecule is C=CCOc1ccc(C[NH2+]CCCCO)cc1OCC. The highest BCUT2D eigenvalue weighted by atomic mass is 16.5. The molecular weight excluding hydrogens is 254 g/mol. The fourth-order valence-corrected chi connectivity index (χ4v) is 1.88. The largest absolute Gasteiger partial charge is 0.490 e. The van der Waals surface area contributed by atoms with Crippen LogP contribution in [0.5, 0.6) is 11.5 Å². The molecule has 3 N–H and O–H groups in total. The highest BCUT2D eigenvalue weighted by Crippen LogP contribution is 2.28. The van der Waals surface area contributed by atoms with Gasteiger partial charge in [0, 0.05) is 12.2 Å². The van der Waals surface area contributed by atoms with E-state index in [1.54, 1.807) is 6.08 Å². The van der Waals surface area contributed by atoms with Gasteiger partial charge in [-0.1, -0.05) is 12.7 Å². The van der Waals surface area contributed by atoms with Crippen molar-refractivity contribution in [1.82, 2.24) is 0 Å².